The van der Waals surface area contributed by atoms with Gasteiger partial charge in [0.05, 0.1) is 0 Å². The van der Waals surface area contributed by atoms with Gasteiger partial charge in [0.25, 0.3) is 11.5 Å². The van der Waals surface area contributed by atoms with Crippen molar-refractivity contribution in [2.24, 2.45) is 12.8 Å². The Hall–Kier alpha value is -2.11. The van der Waals surface area contributed by atoms with E-state index in [-0.39, 0.29) is 11.1 Å². The Morgan fingerprint density at radius 2 is 1.86 bits per heavy atom. The van der Waals surface area contributed by atoms with E-state index in [2.05, 4.69) is 5.32 Å². The number of hydrogen-bond acceptors (Lipinski definition) is 3. The Morgan fingerprint density at radius 1 is 1.29 bits per heavy atom. The quantitative estimate of drug-likeness (QED) is 0.850. The normalized spacial score (nSPS) is 16.7. The molecule has 2 rings (SSSR count). The maximum Gasteiger partial charge on any atom is 0.263 e. The largest absolute Gasteiger partial charge is 0.368 e. The van der Waals surface area contributed by atoms with Gasteiger partial charge in [0, 0.05) is 12.7 Å². The van der Waals surface area contributed by atoms with Crippen molar-refractivity contribution < 1.29 is 9.59 Å². The first-order chi connectivity index (χ1) is 9.78. The summed E-state index contributed by atoms with van der Waals surface area (Å²) in [4.78, 5) is 36.5. The number of carbonyl (C=O) groups is 2. The van der Waals surface area contributed by atoms with Crippen molar-refractivity contribution in [3.63, 3.8) is 0 Å². The Bertz CT molecular complexity index is 655. The minimum atomic E-state index is -1.01. The van der Waals surface area contributed by atoms with E-state index < -0.39 is 17.4 Å². The van der Waals surface area contributed by atoms with E-state index in [4.69, 9.17) is 5.73 Å². The lowest BCUT2D eigenvalue weighted by Crippen LogP contribution is -2.56. The van der Waals surface area contributed by atoms with Crippen LogP contribution >= 0.6 is 0 Å². The average molecular weight is 291 g/mol. The van der Waals surface area contributed by atoms with Crippen molar-refractivity contribution in [3.05, 3.63) is 33.2 Å². The molecule has 0 atom stereocenters. The van der Waals surface area contributed by atoms with E-state index in [0.717, 1.165) is 18.5 Å². The highest BCUT2D eigenvalue weighted by Gasteiger charge is 2.41. The molecule has 1 aliphatic carbocycles. The highest BCUT2D eigenvalue weighted by Crippen LogP contribution is 2.29. The zero-order chi connectivity index (χ0) is 15.8. The van der Waals surface area contributed by atoms with Crippen molar-refractivity contribution in [2.45, 2.75) is 45.1 Å². The lowest BCUT2D eigenvalue weighted by molar-refractivity contribution is -0.123. The molecule has 1 saturated carbocycles. The monoisotopic (exact) mass is 291 g/mol. The summed E-state index contributed by atoms with van der Waals surface area (Å²) in [6.07, 6.45) is 2.74. The van der Waals surface area contributed by atoms with Crippen LogP contribution in [0.15, 0.2) is 10.9 Å². The van der Waals surface area contributed by atoms with E-state index in [9.17, 15) is 14.4 Å². The van der Waals surface area contributed by atoms with Crippen LogP contribution < -0.4 is 16.6 Å². The van der Waals surface area contributed by atoms with E-state index in [1.54, 1.807) is 27.0 Å². The molecule has 0 unspecified atom stereocenters. The van der Waals surface area contributed by atoms with Gasteiger partial charge in [-0.2, -0.15) is 0 Å². The molecule has 0 saturated heterocycles. The molecule has 21 heavy (non-hydrogen) atoms. The fourth-order valence-electron chi connectivity index (χ4n) is 2.95. The first-order valence-electron chi connectivity index (χ1n) is 7.08. The molecule has 6 heteroatoms. The third-order valence-corrected chi connectivity index (χ3v) is 4.38. The number of aromatic nitrogens is 1. The molecule has 1 aliphatic rings. The predicted molar refractivity (Wildman–Crippen MR) is 79.0 cm³/mol. The Labute approximate surface area is 123 Å². The highest BCUT2D eigenvalue weighted by molar-refractivity contribution is 5.99. The molecule has 0 bridgehead atoms. The van der Waals surface area contributed by atoms with Crippen LogP contribution in [0, 0.1) is 13.8 Å². The van der Waals surface area contributed by atoms with E-state index >= 15 is 0 Å². The minimum Gasteiger partial charge on any atom is -0.368 e. The molecule has 1 aromatic heterocycles. The van der Waals surface area contributed by atoms with E-state index in [1.165, 1.54) is 4.57 Å². The Kier molecular flexibility index (Phi) is 3.89. The third-order valence-electron chi connectivity index (χ3n) is 4.38. The van der Waals surface area contributed by atoms with Crippen molar-refractivity contribution in [2.75, 3.05) is 0 Å². The molecule has 114 valence electrons. The first kappa shape index (κ1) is 15.3. The molecule has 6 nitrogen and oxygen atoms in total. The summed E-state index contributed by atoms with van der Waals surface area (Å²) in [5, 5.41) is 2.71. The van der Waals surface area contributed by atoms with Crippen LogP contribution in [0.4, 0.5) is 0 Å². The fraction of sp³-hybridized carbons (Fsp3) is 0.533. The number of pyridine rings is 1. The summed E-state index contributed by atoms with van der Waals surface area (Å²) in [5.74, 6) is -1.05. The molecule has 1 heterocycles. The number of amides is 2. The summed E-state index contributed by atoms with van der Waals surface area (Å²) in [7, 11) is 1.62. The minimum absolute atomic E-state index is 0.0793. The van der Waals surface area contributed by atoms with Crippen LogP contribution in [0.25, 0.3) is 0 Å². The summed E-state index contributed by atoms with van der Waals surface area (Å²) in [6.45, 7) is 3.52. The number of nitrogens with zero attached hydrogens (tertiary/aromatic N) is 1. The van der Waals surface area contributed by atoms with E-state index in [1.807, 2.05) is 0 Å². The van der Waals surface area contributed by atoms with Crippen molar-refractivity contribution in [1.82, 2.24) is 9.88 Å². The van der Waals surface area contributed by atoms with Crippen molar-refractivity contribution in [1.29, 1.82) is 0 Å². The molecule has 0 spiro atoms. The second-order valence-electron chi connectivity index (χ2n) is 5.82. The number of nitrogens with one attached hydrogen (secondary N) is 1. The van der Waals surface area contributed by atoms with Gasteiger partial charge in [-0.05, 0) is 38.3 Å². The van der Waals surface area contributed by atoms with Crippen LogP contribution in [-0.2, 0) is 11.8 Å². The highest BCUT2D eigenvalue weighted by atomic mass is 16.2. The second kappa shape index (κ2) is 5.35. The molecule has 2 amide bonds. The molecule has 1 aromatic rings. The van der Waals surface area contributed by atoms with Gasteiger partial charge in [-0.15, -0.1) is 0 Å². The summed E-state index contributed by atoms with van der Waals surface area (Å²) in [5.41, 5.74) is 5.54. The maximum atomic E-state index is 12.5. The van der Waals surface area contributed by atoms with Gasteiger partial charge in [0.2, 0.25) is 5.91 Å². The zero-order valence-corrected chi connectivity index (χ0v) is 12.7. The van der Waals surface area contributed by atoms with Gasteiger partial charge in [-0.1, -0.05) is 12.8 Å². The standard InChI is InChI=1S/C15H21N3O3/c1-9-8-10(2)18(3)13(20)11(9)12(19)17-15(14(16)21)6-4-5-7-15/h8H,4-7H2,1-3H3,(H2,16,21)(H,17,19). The van der Waals surface area contributed by atoms with E-state index in [0.29, 0.717) is 18.4 Å². The van der Waals surface area contributed by atoms with Crippen LogP contribution in [0.5, 0.6) is 0 Å². The number of aryl methyl sites for hydroxylation is 2. The smallest absolute Gasteiger partial charge is 0.263 e. The lowest BCUT2D eigenvalue weighted by Gasteiger charge is -2.26. The molecule has 0 aromatic carbocycles. The molecule has 1 fully saturated rings. The number of nitrogens with two attached hydrogens (primary N) is 1. The van der Waals surface area contributed by atoms with Gasteiger partial charge in [-0.25, -0.2) is 0 Å². The van der Waals surface area contributed by atoms with Gasteiger partial charge >= 0.3 is 0 Å². The van der Waals surface area contributed by atoms with Gasteiger partial charge in [0.15, 0.2) is 0 Å². The Morgan fingerprint density at radius 3 is 2.38 bits per heavy atom. The lowest BCUT2D eigenvalue weighted by atomic mass is 9.95. The molecule has 0 radical (unpaired) electrons. The predicted octanol–water partition coefficient (Wildman–Crippen LogP) is 0.530. The third kappa shape index (κ3) is 2.57. The summed E-state index contributed by atoms with van der Waals surface area (Å²) < 4.78 is 1.42. The number of rotatable bonds is 3. The van der Waals surface area contributed by atoms with Gasteiger partial charge in [-0.3, -0.25) is 14.4 Å². The number of primary amides is 1. The van der Waals surface area contributed by atoms with Crippen LogP contribution in [-0.4, -0.2) is 21.9 Å². The van der Waals surface area contributed by atoms with Crippen LogP contribution in [0.2, 0.25) is 0 Å². The molecule has 0 aliphatic heterocycles. The molecule has 3 N–H and O–H groups in total. The maximum absolute atomic E-state index is 12.5. The van der Waals surface area contributed by atoms with Gasteiger partial charge in [0.1, 0.15) is 11.1 Å². The van der Waals surface area contributed by atoms with Gasteiger partial charge < -0.3 is 15.6 Å². The summed E-state index contributed by atoms with van der Waals surface area (Å²) in [6, 6.07) is 1.78. The fourth-order valence-corrected chi connectivity index (χ4v) is 2.95. The van der Waals surface area contributed by atoms with Crippen LogP contribution in [0.1, 0.15) is 47.3 Å². The number of carbonyl (C=O) groups excluding carboxylic acids is 2. The van der Waals surface area contributed by atoms with Crippen LogP contribution in [0.3, 0.4) is 0 Å². The first-order valence-corrected chi connectivity index (χ1v) is 7.08. The average Bonchev–Trinajstić information content (AvgIpc) is 2.86. The molecular weight excluding hydrogens is 270 g/mol. The Balaban J connectivity index is 2.40. The SMILES string of the molecule is Cc1cc(C)n(C)c(=O)c1C(=O)NC1(C(N)=O)CCCC1. The zero-order valence-electron chi connectivity index (χ0n) is 12.7. The molecular formula is C15H21N3O3. The van der Waals surface area contributed by atoms with Crippen molar-refractivity contribution in [3.8, 4) is 0 Å². The topological polar surface area (TPSA) is 94.2 Å². The second-order valence-corrected chi connectivity index (χ2v) is 5.82. The van der Waals surface area contributed by atoms with Crippen molar-refractivity contribution >= 4 is 11.8 Å². The number of hydrogen-bond donors (Lipinski definition) is 2. The summed E-state index contributed by atoms with van der Waals surface area (Å²) >= 11 is 0.